The third-order valence-corrected chi connectivity index (χ3v) is 6.18. The summed E-state index contributed by atoms with van der Waals surface area (Å²) in [5.41, 5.74) is 7.99. The first-order valence-corrected chi connectivity index (χ1v) is 11.1. The van der Waals surface area contributed by atoms with E-state index in [0.29, 0.717) is 0 Å². The van der Waals surface area contributed by atoms with E-state index in [4.69, 9.17) is 0 Å². The van der Waals surface area contributed by atoms with Crippen LogP contribution in [-0.4, -0.2) is 0 Å². The number of benzene rings is 4. The topological polar surface area (TPSA) is 0 Å². The predicted octanol–water partition coefficient (Wildman–Crippen LogP) is 9.07. The van der Waals surface area contributed by atoms with Crippen LogP contribution in [0.2, 0.25) is 0 Å². The maximum atomic E-state index is 2.28. The van der Waals surface area contributed by atoms with E-state index in [1.807, 2.05) is 0 Å². The molecule has 0 nitrogen and oxygen atoms in total. The van der Waals surface area contributed by atoms with Crippen LogP contribution in [0.1, 0.15) is 11.1 Å². The molecule has 1 heteroatoms. The Labute approximate surface area is 228 Å². The Bertz CT molecular complexity index is 1350. The van der Waals surface area contributed by atoms with E-state index in [1.54, 1.807) is 0 Å². The summed E-state index contributed by atoms with van der Waals surface area (Å²) in [4.78, 5) is 0. The van der Waals surface area contributed by atoms with Crippen molar-refractivity contribution in [3.8, 4) is 22.3 Å². The molecule has 0 unspecified atom stereocenters. The molecule has 0 bridgehead atoms. The van der Waals surface area contributed by atoms with E-state index in [-0.39, 0.29) is 39.9 Å². The fraction of sp³-hybridized carbons (Fsp3) is 0.0625. The Morgan fingerprint density at radius 1 is 0.424 bits per heavy atom. The first-order chi connectivity index (χ1) is 15.7. The van der Waals surface area contributed by atoms with Crippen molar-refractivity contribution in [1.82, 2.24) is 0 Å². The summed E-state index contributed by atoms with van der Waals surface area (Å²) in [6.07, 6.45) is 0. The standard InChI is InChI=1S/2C16H13.Gd/c2*1-12-11-16(13-7-3-2-4-8-13)15-10-6-5-9-14(12)15;/h2*2-11H,1H3;/q2*-1;+2. The zero-order valence-corrected chi connectivity index (χ0v) is 21.2. The maximum Gasteiger partial charge on any atom is 2.00 e. The van der Waals surface area contributed by atoms with Gasteiger partial charge in [-0.2, -0.15) is 0 Å². The normalized spacial score (nSPS) is 10.5. The molecule has 33 heavy (non-hydrogen) atoms. The third-order valence-electron chi connectivity index (χ3n) is 6.18. The van der Waals surface area contributed by atoms with Gasteiger partial charge in [-0.3, -0.25) is 0 Å². The van der Waals surface area contributed by atoms with Gasteiger partial charge in [0.05, 0.1) is 0 Å². The van der Waals surface area contributed by atoms with E-state index in [9.17, 15) is 0 Å². The summed E-state index contributed by atoms with van der Waals surface area (Å²) < 4.78 is 0. The molecular formula is C32H26Gd. The molecule has 0 saturated heterocycles. The summed E-state index contributed by atoms with van der Waals surface area (Å²) in [6.45, 7) is 4.35. The average molecular weight is 568 g/mol. The number of hydrogen-bond donors (Lipinski definition) is 0. The second-order valence-electron chi connectivity index (χ2n) is 8.31. The second kappa shape index (κ2) is 10.6. The Hall–Kier alpha value is -2.58. The van der Waals surface area contributed by atoms with Crippen LogP contribution in [-0.2, 0) is 0 Å². The van der Waals surface area contributed by atoms with Crippen molar-refractivity contribution in [3.05, 3.63) is 132 Å². The molecule has 0 amide bonds. The number of aryl methyl sites for hydroxylation is 2. The number of fused-ring (bicyclic) bond motifs is 2. The van der Waals surface area contributed by atoms with Gasteiger partial charge in [0.2, 0.25) is 0 Å². The smallest absolute Gasteiger partial charge is 0.147 e. The Kier molecular flexibility index (Phi) is 7.55. The van der Waals surface area contributed by atoms with Gasteiger partial charge >= 0.3 is 39.9 Å². The Balaban J connectivity index is 0.000000152. The van der Waals surface area contributed by atoms with E-state index in [1.165, 1.54) is 54.9 Å². The number of hydrogen-bond acceptors (Lipinski definition) is 0. The molecule has 0 atom stereocenters. The van der Waals surface area contributed by atoms with Crippen molar-refractivity contribution in [2.24, 2.45) is 0 Å². The molecule has 0 radical (unpaired) electrons. The van der Waals surface area contributed by atoms with Gasteiger partial charge < -0.3 is 0 Å². The quantitative estimate of drug-likeness (QED) is 0.183. The van der Waals surface area contributed by atoms with Gasteiger partial charge in [0, 0.05) is 0 Å². The fourth-order valence-corrected chi connectivity index (χ4v) is 4.58. The summed E-state index contributed by atoms with van der Waals surface area (Å²) in [5.74, 6) is 0. The van der Waals surface area contributed by atoms with E-state index < -0.39 is 0 Å². The Morgan fingerprint density at radius 2 is 0.758 bits per heavy atom. The minimum Gasteiger partial charge on any atom is -0.147 e. The van der Waals surface area contributed by atoms with Crippen molar-refractivity contribution in [2.75, 3.05) is 0 Å². The molecule has 0 aliphatic heterocycles. The largest absolute Gasteiger partial charge is 2.00 e. The van der Waals surface area contributed by atoms with Crippen LogP contribution in [0.15, 0.2) is 121 Å². The predicted molar refractivity (Wildman–Crippen MR) is 139 cm³/mol. The minimum absolute atomic E-state index is 0. The molecule has 6 aromatic carbocycles. The van der Waals surface area contributed by atoms with Gasteiger partial charge in [-0.25, -0.2) is 0 Å². The molecule has 6 rings (SSSR count). The van der Waals surface area contributed by atoms with Crippen molar-refractivity contribution in [1.29, 1.82) is 0 Å². The van der Waals surface area contributed by atoms with Gasteiger partial charge in [-0.15, -0.1) is 92.3 Å². The zero-order chi connectivity index (χ0) is 21.9. The second-order valence-corrected chi connectivity index (χ2v) is 8.31. The minimum atomic E-state index is 0. The molecular weight excluding hydrogens is 542 g/mol. The van der Waals surface area contributed by atoms with Gasteiger partial charge in [-0.1, -0.05) is 97.8 Å². The molecule has 0 spiro atoms. The van der Waals surface area contributed by atoms with E-state index in [0.717, 1.165) is 0 Å². The van der Waals surface area contributed by atoms with E-state index in [2.05, 4.69) is 135 Å². The van der Waals surface area contributed by atoms with Crippen molar-refractivity contribution in [2.45, 2.75) is 13.8 Å². The summed E-state index contributed by atoms with van der Waals surface area (Å²) >= 11 is 0. The van der Waals surface area contributed by atoms with Crippen LogP contribution >= 0.6 is 0 Å². The van der Waals surface area contributed by atoms with Crippen LogP contribution in [0.3, 0.4) is 0 Å². The summed E-state index contributed by atoms with van der Waals surface area (Å²) in [7, 11) is 0. The summed E-state index contributed by atoms with van der Waals surface area (Å²) in [6, 6.07) is 42.9. The molecule has 0 fully saturated rings. The molecule has 0 aromatic heterocycles. The van der Waals surface area contributed by atoms with Crippen molar-refractivity contribution >= 4 is 21.5 Å². The first kappa shape index (κ1) is 23.6. The Morgan fingerprint density at radius 3 is 1.15 bits per heavy atom. The monoisotopic (exact) mass is 568 g/mol. The molecule has 0 aliphatic carbocycles. The molecule has 0 aliphatic rings. The van der Waals surface area contributed by atoms with Crippen LogP contribution in [0, 0.1) is 53.8 Å². The van der Waals surface area contributed by atoms with Crippen LogP contribution in [0.25, 0.3) is 43.8 Å². The maximum absolute atomic E-state index is 2.28. The molecule has 0 saturated carbocycles. The zero-order valence-electron chi connectivity index (χ0n) is 18.9. The van der Waals surface area contributed by atoms with Crippen molar-refractivity contribution < 1.29 is 39.9 Å². The van der Waals surface area contributed by atoms with Gasteiger partial charge in [0.15, 0.2) is 0 Å². The number of rotatable bonds is 2. The van der Waals surface area contributed by atoms with Crippen LogP contribution in [0.4, 0.5) is 0 Å². The fourth-order valence-electron chi connectivity index (χ4n) is 4.58. The average Bonchev–Trinajstić information content (AvgIpc) is 3.38. The van der Waals surface area contributed by atoms with Gasteiger partial charge in [0.1, 0.15) is 0 Å². The van der Waals surface area contributed by atoms with E-state index >= 15 is 0 Å². The van der Waals surface area contributed by atoms with Gasteiger partial charge in [0.25, 0.3) is 0 Å². The third kappa shape index (κ3) is 4.87. The SMILES string of the molecule is C[c-]1cc(-c2ccccc2)c2ccccc21.C[c-]1cc(-c2ccccc2)c2ccccc21.[Gd+2]. The molecule has 0 N–H and O–H groups in total. The first-order valence-electron chi connectivity index (χ1n) is 11.1. The summed E-state index contributed by atoms with van der Waals surface area (Å²) in [5, 5.41) is 5.43. The van der Waals surface area contributed by atoms with Crippen LogP contribution < -0.4 is 0 Å². The van der Waals surface area contributed by atoms with Crippen LogP contribution in [0.5, 0.6) is 0 Å². The van der Waals surface area contributed by atoms with Gasteiger partial charge in [-0.05, 0) is 0 Å². The molecule has 6 aromatic rings. The molecule has 162 valence electrons. The van der Waals surface area contributed by atoms with Crippen molar-refractivity contribution in [3.63, 3.8) is 0 Å². The molecule has 0 heterocycles.